The van der Waals surface area contributed by atoms with Gasteiger partial charge in [0.1, 0.15) is 0 Å². The van der Waals surface area contributed by atoms with Crippen molar-refractivity contribution < 1.29 is 0 Å². The van der Waals surface area contributed by atoms with Gasteiger partial charge in [0.15, 0.2) is 0 Å². The van der Waals surface area contributed by atoms with Crippen molar-refractivity contribution in [2.75, 3.05) is 0 Å². The largest absolute Gasteiger partial charge is 0.103 e. The number of hydrogen-bond donors (Lipinski definition) is 0. The molecule has 4 rings (SSSR count). The third kappa shape index (κ3) is 21.1. The van der Waals surface area contributed by atoms with Crippen molar-refractivity contribution in [3.63, 3.8) is 0 Å². The third-order valence-electron chi connectivity index (χ3n) is 10.5. The van der Waals surface area contributed by atoms with Crippen LogP contribution in [0, 0.1) is 22.7 Å². The van der Waals surface area contributed by atoms with E-state index in [1.165, 1.54) is 112 Å². The van der Waals surface area contributed by atoms with Crippen molar-refractivity contribution in [2.45, 2.75) is 215 Å². The SMILES string of the molecule is C/C=C\C(=C/C)C(CC)(CCC)CCC.C=C(C)c1ccc(C2=CCC3(C)CCCC=C3C2C)cc1.C=CC1CCCC1.CC.CC.CC.CC.CCC. The summed E-state index contributed by atoms with van der Waals surface area (Å²) in [5.74, 6) is 1.42. The fourth-order valence-electron chi connectivity index (χ4n) is 7.93. The molecule has 2 atom stereocenters. The van der Waals surface area contributed by atoms with E-state index < -0.39 is 0 Å². The summed E-state index contributed by atoms with van der Waals surface area (Å²) in [6, 6.07) is 8.93. The zero-order valence-corrected chi connectivity index (χ0v) is 40.2. The van der Waals surface area contributed by atoms with E-state index in [0.29, 0.717) is 16.7 Å². The Labute approximate surface area is 343 Å². The summed E-state index contributed by atoms with van der Waals surface area (Å²) < 4.78 is 0. The molecule has 3 aliphatic carbocycles. The minimum atomic E-state index is 0.415. The van der Waals surface area contributed by atoms with E-state index in [-0.39, 0.29) is 0 Å². The first kappa shape index (κ1) is 58.4. The van der Waals surface area contributed by atoms with Crippen molar-refractivity contribution in [2.24, 2.45) is 22.7 Å². The highest BCUT2D eigenvalue weighted by atomic mass is 14.4. The maximum atomic E-state index is 4.02. The molecule has 1 aromatic carbocycles. The van der Waals surface area contributed by atoms with Gasteiger partial charge < -0.3 is 0 Å². The van der Waals surface area contributed by atoms with Crippen LogP contribution in [0.4, 0.5) is 0 Å². The van der Waals surface area contributed by atoms with E-state index in [9.17, 15) is 0 Å². The number of allylic oxidation sites excluding steroid dienone is 10. The molecule has 314 valence electrons. The quantitative estimate of drug-likeness (QED) is 0.165. The number of fused-ring (bicyclic) bond motifs is 1. The molecule has 0 heterocycles. The topological polar surface area (TPSA) is 0 Å². The molecule has 0 N–H and O–H groups in total. The van der Waals surface area contributed by atoms with Gasteiger partial charge in [-0.2, -0.15) is 0 Å². The van der Waals surface area contributed by atoms with Crippen molar-refractivity contribution >= 4 is 11.1 Å². The first-order valence-corrected chi connectivity index (χ1v) is 23.2. The minimum Gasteiger partial charge on any atom is -0.103 e. The fourth-order valence-corrected chi connectivity index (χ4v) is 7.93. The van der Waals surface area contributed by atoms with Crippen LogP contribution in [0.15, 0.2) is 85.0 Å². The summed E-state index contributed by atoms with van der Waals surface area (Å²) in [6.07, 6.45) is 32.4. The molecule has 3 aliphatic rings. The molecule has 0 spiro atoms. The molecule has 1 saturated carbocycles. The molecule has 0 aliphatic heterocycles. The molecule has 1 aromatic rings. The van der Waals surface area contributed by atoms with Gasteiger partial charge in [0.2, 0.25) is 0 Å². The van der Waals surface area contributed by atoms with Gasteiger partial charge in [0.05, 0.1) is 0 Å². The minimum absolute atomic E-state index is 0.415. The first-order valence-electron chi connectivity index (χ1n) is 23.2. The Hall–Kier alpha value is -2.34. The lowest BCUT2D eigenvalue weighted by atomic mass is 9.62. The molecular formula is C54H98. The van der Waals surface area contributed by atoms with Crippen LogP contribution in [-0.4, -0.2) is 0 Å². The Morgan fingerprint density at radius 1 is 0.815 bits per heavy atom. The Bertz CT molecular complexity index is 1120. The second kappa shape index (κ2) is 37.6. The van der Waals surface area contributed by atoms with Crippen LogP contribution in [0.5, 0.6) is 0 Å². The summed E-state index contributed by atoms with van der Waals surface area (Å²) in [7, 11) is 0. The van der Waals surface area contributed by atoms with Crippen molar-refractivity contribution in [3.8, 4) is 0 Å². The highest BCUT2D eigenvalue weighted by molar-refractivity contribution is 5.73. The molecule has 0 nitrogen and oxygen atoms in total. The zero-order valence-electron chi connectivity index (χ0n) is 40.2. The summed E-state index contributed by atoms with van der Waals surface area (Å²) in [5.41, 5.74) is 9.32. The molecule has 0 heteroatoms. The smallest absolute Gasteiger partial charge is 0.00281 e. The van der Waals surface area contributed by atoms with Gasteiger partial charge >= 0.3 is 0 Å². The molecule has 0 aromatic heterocycles. The van der Waals surface area contributed by atoms with E-state index in [1.807, 2.05) is 55.4 Å². The maximum Gasteiger partial charge on any atom is 0.00281 e. The third-order valence-corrected chi connectivity index (χ3v) is 10.5. The van der Waals surface area contributed by atoms with Crippen molar-refractivity contribution in [3.05, 3.63) is 96.2 Å². The molecular weight excluding hydrogens is 649 g/mol. The fraction of sp³-hybridized carbons (Fsp3) is 0.667. The maximum absolute atomic E-state index is 4.02. The van der Waals surface area contributed by atoms with E-state index in [1.54, 1.807) is 5.57 Å². The highest BCUT2D eigenvalue weighted by Crippen LogP contribution is 2.51. The first-order chi connectivity index (χ1) is 26.1. The summed E-state index contributed by atoms with van der Waals surface area (Å²) in [6.45, 7) is 46.1. The molecule has 0 radical (unpaired) electrons. The standard InChI is InChI=1S/C21H26.C15H28.C7H12.C3H8.4C2H6/c1-15(2)17-8-10-18(11-9-17)19-12-14-21(4)13-6-5-7-20(21)16(19)3;1-6-11-14(9-4)15(10-5,12-7-2)13-8-3;1-2-7-5-3-4-6-7;1-3-2;4*1-2/h7-12,16H,1,5-6,13-14H2,2-4H3;6,9,11H,7-8,10,12-13H2,1-5H3;2,7H,1,3-6H2;3H2,1-2H3;4*1-2H3/b;11-6-,14-9+;;;;;;. The second-order valence-electron chi connectivity index (χ2n) is 14.4. The number of hydrogen-bond acceptors (Lipinski definition) is 0. The predicted molar refractivity (Wildman–Crippen MR) is 258 cm³/mol. The van der Waals surface area contributed by atoms with Crippen LogP contribution in [0.25, 0.3) is 11.1 Å². The summed E-state index contributed by atoms with van der Waals surface area (Å²) >= 11 is 0. The molecule has 0 saturated heterocycles. The van der Waals surface area contributed by atoms with E-state index in [2.05, 4.69) is 143 Å². The summed E-state index contributed by atoms with van der Waals surface area (Å²) in [4.78, 5) is 0. The lowest BCUT2D eigenvalue weighted by molar-refractivity contribution is 0.288. The van der Waals surface area contributed by atoms with E-state index in [4.69, 9.17) is 0 Å². The zero-order chi connectivity index (χ0) is 42.6. The van der Waals surface area contributed by atoms with Crippen LogP contribution in [0.1, 0.15) is 226 Å². The molecule has 0 amide bonds. The molecule has 2 unspecified atom stereocenters. The second-order valence-corrected chi connectivity index (χ2v) is 14.4. The molecule has 54 heavy (non-hydrogen) atoms. The average molecular weight is 747 g/mol. The highest BCUT2D eigenvalue weighted by Gasteiger charge is 2.37. The van der Waals surface area contributed by atoms with Gasteiger partial charge in [-0.3, -0.25) is 0 Å². The lowest BCUT2D eigenvalue weighted by Crippen LogP contribution is -2.29. The Morgan fingerprint density at radius 2 is 1.31 bits per heavy atom. The van der Waals surface area contributed by atoms with Crippen LogP contribution < -0.4 is 0 Å². The van der Waals surface area contributed by atoms with Gasteiger partial charge in [0.25, 0.3) is 0 Å². The van der Waals surface area contributed by atoms with Crippen LogP contribution >= 0.6 is 0 Å². The normalized spacial score (nSPS) is 18.6. The molecule has 0 bridgehead atoms. The lowest BCUT2D eigenvalue weighted by Gasteiger charge is -2.42. The Kier molecular flexibility index (Phi) is 40.6. The van der Waals surface area contributed by atoms with Crippen LogP contribution in [0.2, 0.25) is 0 Å². The number of benzene rings is 1. The van der Waals surface area contributed by atoms with Gasteiger partial charge in [-0.05, 0) is 118 Å². The summed E-state index contributed by atoms with van der Waals surface area (Å²) in [5, 5.41) is 0. The Morgan fingerprint density at radius 3 is 1.69 bits per heavy atom. The van der Waals surface area contributed by atoms with Gasteiger partial charge in [-0.15, -0.1) is 6.58 Å². The van der Waals surface area contributed by atoms with Crippen molar-refractivity contribution in [1.29, 1.82) is 0 Å². The van der Waals surface area contributed by atoms with Crippen LogP contribution in [-0.2, 0) is 0 Å². The monoisotopic (exact) mass is 747 g/mol. The van der Waals surface area contributed by atoms with Gasteiger partial charge in [-0.1, -0.05) is 214 Å². The predicted octanol–water partition coefficient (Wildman–Crippen LogP) is 19.6. The van der Waals surface area contributed by atoms with E-state index in [0.717, 1.165) is 11.5 Å². The van der Waals surface area contributed by atoms with Crippen molar-refractivity contribution in [1.82, 2.24) is 0 Å². The Balaban J connectivity index is -0.000000330. The number of rotatable bonds is 10. The molecule has 1 fully saturated rings. The van der Waals surface area contributed by atoms with Crippen LogP contribution in [0.3, 0.4) is 0 Å². The van der Waals surface area contributed by atoms with Gasteiger partial charge in [-0.25, -0.2) is 0 Å². The van der Waals surface area contributed by atoms with E-state index >= 15 is 0 Å². The average Bonchev–Trinajstić information content (AvgIpc) is 3.75. The van der Waals surface area contributed by atoms with Gasteiger partial charge in [0, 0.05) is 5.92 Å².